The Bertz CT molecular complexity index is 735. The lowest BCUT2D eigenvalue weighted by atomic mass is 9.93. The van der Waals surface area contributed by atoms with Crippen molar-refractivity contribution in [3.63, 3.8) is 0 Å². The van der Waals surface area contributed by atoms with Crippen molar-refractivity contribution < 1.29 is 9.84 Å². The van der Waals surface area contributed by atoms with Gasteiger partial charge < -0.3 is 20.1 Å². The van der Waals surface area contributed by atoms with Gasteiger partial charge in [-0.15, -0.1) is 0 Å². The summed E-state index contributed by atoms with van der Waals surface area (Å²) in [6, 6.07) is 4.29. The summed E-state index contributed by atoms with van der Waals surface area (Å²) in [7, 11) is 0. The number of hydrogen-bond acceptors (Lipinski definition) is 7. The summed E-state index contributed by atoms with van der Waals surface area (Å²) < 4.78 is 7.18. The maximum Gasteiger partial charge on any atom is 0.254 e. The zero-order chi connectivity index (χ0) is 17.9. The lowest BCUT2D eigenvalue weighted by Gasteiger charge is -2.29. The maximum atomic E-state index is 9.72. The van der Waals surface area contributed by atoms with Gasteiger partial charge in [0.05, 0.1) is 25.0 Å². The third-order valence-corrected chi connectivity index (χ3v) is 5.01. The average Bonchev–Trinajstić information content (AvgIpc) is 3.11. The van der Waals surface area contributed by atoms with Crippen LogP contribution in [0.1, 0.15) is 31.4 Å². The number of aliphatic hydroxyl groups is 1. The molecule has 0 spiro atoms. The topological polar surface area (TPSA) is 88.3 Å². The van der Waals surface area contributed by atoms with Gasteiger partial charge in [-0.2, -0.15) is 15.1 Å². The molecule has 0 aromatic carbocycles. The molecule has 2 aliphatic rings. The molecule has 3 heterocycles. The van der Waals surface area contributed by atoms with Crippen LogP contribution in [0.3, 0.4) is 0 Å². The second kappa shape index (κ2) is 7.59. The predicted octanol–water partition coefficient (Wildman–Crippen LogP) is 1.52. The molecule has 1 saturated heterocycles. The van der Waals surface area contributed by atoms with E-state index in [2.05, 4.69) is 20.3 Å². The van der Waals surface area contributed by atoms with Crippen LogP contribution < -0.4 is 10.2 Å². The highest BCUT2D eigenvalue weighted by Gasteiger charge is 2.21. The van der Waals surface area contributed by atoms with Crippen molar-refractivity contribution >= 4 is 11.6 Å². The molecule has 1 aliphatic carbocycles. The number of rotatable bonds is 4. The van der Waals surface area contributed by atoms with Crippen LogP contribution >= 0.6 is 0 Å². The van der Waals surface area contributed by atoms with Gasteiger partial charge in [0.25, 0.3) is 5.95 Å². The van der Waals surface area contributed by atoms with E-state index in [-0.39, 0.29) is 6.10 Å². The molecular formula is C18H26N6O2. The van der Waals surface area contributed by atoms with E-state index in [1.165, 1.54) is 0 Å². The molecule has 0 bridgehead atoms. The molecule has 26 heavy (non-hydrogen) atoms. The van der Waals surface area contributed by atoms with Crippen molar-refractivity contribution in [1.29, 1.82) is 0 Å². The fraction of sp³-hybridized carbons (Fsp3) is 0.611. The zero-order valence-electron chi connectivity index (χ0n) is 15.1. The van der Waals surface area contributed by atoms with Gasteiger partial charge in [-0.1, -0.05) is 0 Å². The fourth-order valence-corrected chi connectivity index (χ4v) is 3.51. The van der Waals surface area contributed by atoms with Crippen molar-refractivity contribution in [3.8, 4) is 5.95 Å². The fourth-order valence-electron chi connectivity index (χ4n) is 3.51. The smallest absolute Gasteiger partial charge is 0.254 e. The molecule has 0 radical (unpaired) electrons. The summed E-state index contributed by atoms with van der Waals surface area (Å²) in [5.74, 6) is 2.27. The van der Waals surface area contributed by atoms with Crippen LogP contribution in [0.4, 0.5) is 11.6 Å². The minimum Gasteiger partial charge on any atom is -0.393 e. The molecule has 8 heteroatoms. The number of aryl methyl sites for hydroxylation is 1. The first-order chi connectivity index (χ1) is 12.7. The van der Waals surface area contributed by atoms with Gasteiger partial charge in [-0.05, 0) is 38.7 Å². The van der Waals surface area contributed by atoms with Crippen LogP contribution in [-0.4, -0.2) is 63.3 Å². The van der Waals surface area contributed by atoms with Gasteiger partial charge in [0.2, 0.25) is 0 Å². The van der Waals surface area contributed by atoms with Crippen LogP contribution in [0.15, 0.2) is 18.3 Å². The monoisotopic (exact) mass is 358 g/mol. The first-order valence-corrected chi connectivity index (χ1v) is 9.36. The van der Waals surface area contributed by atoms with Crippen molar-refractivity contribution in [2.24, 2.45) is 0 Å². The Labute approximate surface area is 153 Å². The molecule has 1 saturated carbocycles. The van der Waals surface area contributed by atoms with Gasteiger partial charge in [0.1, 0.15) is 11.6 Å². The maximum absolute atomic E-state index is 9.72. The number of anilines is 2. The first-order valence-electron chi connectivity index (χ1n) is 9.36. The summed E-state index contributed by atoms with van der Waals surface area (Å²) >= 11 is 0. The molecule has 2 aromatic rings. The second-order valence-corrected chi connectivity index (χ2v) is 7.06. The van der Waals surface area contributed by atoms with E-state index in [0.29, 0.717) is 25.2 Å². The standard InChI is InChI=1S/C18H26N6O2/c1-13-6-7-24(22-13)18-20-16(19-14-2-4-15(25)5-3-14)12-17(21-18)23-8-10-26-11-9-23/h6-7,12,14-15,25H,2-5,8-11H2,1H3,(H,19,20,21). The Morgan fingerprint density at radius 1 is 1.15 bits per heavy atom. The molecule has 4 rings (SSSR count). The van der Waals surface area contributed by atoms with Crippen LogP contribution in [0.25, 0.3) is 5.95 Å². The zero-order valence-corrected chi connectivity index (χ0v) is 15.1. The predicted molar refractivity (Wildman–Crippen MR) is 98.8 cm³/mol. The van der Waals surface area contributed by atoms with Gasteiger partial charge in [-0.25, -0.2) is 4.68 Å². The van der Waals surface area contributed by atoms with Gasteiger partial charge >= 0.3 is 0 Å². The Morgan fingerprint density at radius 2 is 1.92 bits per heavy atom. The molecule has 140 valence electrons. The molecule has 1 aliphatic heterocycles. The van der Waals surface area contributed by atoms with Gasteiger partial charge in [-0.3, -0.25) is 0 Å². The number of nitrogens with one attached hydrogen (secondary N) is 1. The minimum absolute atomic E-state index is 0.162. The molecule has 2 fully saturated rings. The van der Waals surface area contributed by atoms with E-state index >= 15 is 0 Å². The van der Waals surface area contributed by atoms with E-state index in [9.17, 15) is 5.11 Å². The van der Waals surface area contributed by atoms with Crippen LogP contribution in [0, 0.1) is 6.92 Å². The number of aliphatic hydroxyl groups excluding tert-OH is 1. The number of aromatic nitrogens is 4. The molecule has 8 nitrogen and oxygen atoms in total. The van der Waals surface area contributed by atoms with E-state index in [1.807, 2.05) is 25.3 Å². The minimum atomic E-state index is -0.162. The van der Waals surface area contributed by atoms with E-state index in [4.69, 9.17) is 9.72 Å². The highest BCUT2D eigenvalue weighted by molar-refractivity contribution is 5.52. The highest BCUT2D eigenvalue weighted by Crippen LogP contribution is 2.24. The summed E-state index contributed by atoms with van der Waals surface area (Å²) in [6.07, 6.45) is 5.30. The van der Waals surface area contributed by atoms with E-state index in [1.54, 1.807) is 4.68 Å². The summed E-state index contributed by atoms with van der Waals surface area (Å²) in [5.41, 5.74) is 0.932. The van der Waals surface area contributed by atoms with Gasteiger partial charge in [0, 0.05) is 31.4 Å². The third-order valence-electron chi connectivity index (χ3n) is 5.01. The van der Waals surface area contributed by atoms with Crippen molar-refractivity contribution in [2.45, 2.75) is 44.8 Å². The molecule has 0 unspecified atom stereocenters. The number of nitrogens with zero attached hydrogens (tertiary/aromatic N) is 5. The van der Waals surface area contributed by atoms with E-state index < -0.39 is 0 Å². The summed E-state index contributed by atoms with van der Waals surface area (Å²) in [4.78, 5) is 11.6. The van der Waals surface area contributed by atoms with Crippen LogP contribution in [-0.2, 0) is 4.74 Å². The lowest BCUT2D eigenvalue weighted by Crippen LogP contribution is -2.37. The molecule has 2 N–H and O–H groups in total. The van der Waals surface area contributed by atoms with E-state index in [0.717, 1.165) is 56.1 Å². The number of ether oxygens (including phenoxy) is 1. The Morgan fingerprint density at radius 3 is 2.62 bits per heavy atom. The quantitative estimate of drug-likeness (QED) is 0.857. The number of hydrogen-bond donors (Lipinski definition) is 2. The normalized spacial score (nSPS) is 23.8. The van der Waals surface area contributed by atoms with Crippen LogP contribution in [0.5, 0.6) is 0 Å². The lowest BCUT2D eigenvalue weighted by molar-refractivity contribution is 0.122. The van der Waals surface area contributed by atoms with Crippen LogP contribution in [0.2, 0.25) is 0 Å². The number of morpholine rings is 1. The second-order valence-electron chi connectivity index (χ2n) is 7.06. The summed E-state index contributed by atoms with van der Waals surface area (Å²) in [5, 5.41) is 17.7. The highest BCUT2D eigenvalue weighted by atomic mass is 16.5. The summed E-state index contributed by atoms with van der Waals surface area (Å²) in [6.45, 7) is 5.02. The molecule has 0 atom stereocenters. The van der Waals surface area contributed by atoms with Gasteiger partial charge in [0.15, 0.2) is 0 Å². The van der Waals surface area contributed by atoms with Crippen molar-refractivity contribution in [2.75, 3.05) is 36.5 Å². The Balaban J connectivity index is 1.61. The SMILES string of the molecule is Cc1ccn(-c2nc(NC3CCC(O)CC3)cc(N3CCOCC3)n2)n1. The average molecular weight is 358 g/mol. The first kappa shape index (κ1) is 17.2. The Kier molecular flexibility index (Phi) is 5.03. The Hall–Kier alpha value is -2.19. The molecule has 2 aromatic heterocycles. The molecule has 0 amide bonds. The molecular weight excluding hydrogens is 332 g/mol. The van der Waals surface area contributed by atoms with Crippen molar-refractivity contribution in [1.82, 2.24) is 19.7 Å². The largest absolute Gasteiger partial charge is 0.393 e. The van der Waals surface area contributed by atoms with Crippen molar-refractivity contribution in [3.05, 3.63) is 24.0 Å². The third kappa shape index (κ3) is 3.96.